The van der Waals surface area contributed by atoms with Gasteiger partial charge in [0.2, 0.25) is 0 Å². The van der Waals surface area contributed by atoms with Gasteiger partial charge in [0.1, 0.15) is 0 Å². The Morgan fingerprint density at radius 3 is 2.29 bits per heavy atom. The van der Waals surface area contributed by atoms with Gasteiger partial charge in [0.05, 0.1) is 40.6 Å². The SMILES string of the molecule is COC(=O)c1ccc(C2C(C(=O)OC(C)C)=C(C)N=c3s/c(=C/c4ccc(C)cc4)c(=O)n32)cc1. The van der Waals surface area contributed by atoms with Gasteiger partial charge in [-0.3, -0.25) is 9.36 Å². The van der Waals surface area contributed by atoms with Gasteiger partial charge in [-0.2, -0.15) is 0 Å². The molecule has 0 saturated carbocycles. The number of thiazole rings is 1. The molecule has 0 amide bonds. The third-order valence-corrected chi connectivity index (χ3v) is 6.59. The van der Waals surface area contributed by atoms with Crippen molar-refractivity contribution in [2.45, 2.75) is 39.8 Å². The van der Waals surface area contributed by atoms with Crippen molar-refractivity contribution in [3.63, 3.8) is 0 Å². The number of benzene rings is 2. The maximum atomic E-state index is 13.6. The Morgan fingerprint density at radius 2 is 1.69 bits per heavy atom. The summed E-state index contributed by atoms with van der Waals surface area (Å²) in [6.07, 6.45) is 1.49. The largest absolute Gasteiger partial charge is 0.465 e. The molecule has 2 heterocycles. The van der Waals surface area contributed by atoms with Crippen LogP contribution < -0.4 is 14.9 Å². The number of rotatable bonds is 5. The number of aromatic nitrogens is 1. The summed E-state index contributed by atoms with van der Waals surface area (Å²) in [5, 5.41) is 0. The molecule has 0 bridgehead atoms. The van der Waals surface area contributed by atoms with Crippen molar-refractivity contribution in [2.75, 3.05) is 7.11 Å². The van der Waals surface area contributed by atoms with Crippen LogP contribution in [0.15, 0.2) is 69.6 Å². The monoisotopic (exact) mass is 490 g/mol. The van der Waals surface area contributed by atoms with Crippen LogP contribution >= 0.6 is 11.3 Å². The van der Waals surface area contributed by atoms with E-state index < -0.39 is 18.0 Å². The van der Waals surface area contributed by atoms with E-state index in [0.29, 0.717) is 31.7 Å². The highest BCUT2D eigenvalue weighted by atomic mass is 32.1. The number of fused-ring (bicyclic) bond motifs is 1. The van der Waals surface area contributed by atoms with Crippen molar-refractivity contribution in [1.82, 2.24) is 4.57 Å². The molecule has 1 aliphatic rings. The third-order valence-electron chi connectivity index (χ3n) is 5.61. The Kier molecular flexibility index (Phi) is 6.84. The summed E-state index contributed by atoms with van der Waals surface area (Å²) in [6.45, 7) is 7.28. The van der Waals surface area contributed by atoms with Gasteiger partial charge in [0.15, 0.2) is 4.80 Å². The number of carbonyl (C=O) groups excluding carboxylic acids is 2. The first kappa shape index (κ1) is 24.3. The van der Waals surface area contributed by atoms with Crippen molar-refractivity contribution in [3.05, 3.63) is 102 Å². The molecule has 0 aliphatic carbocycles. The molecule has 1 aliphatic heterocycles. The molecule has 180 valence electrons. The van der Waals surface area contributed by atoms with Crippen molar-refractivity contribution in [1.29, 1.82) is 0 Å². The molecule has 0 radical (unpaired) electrons. The Labute approximate surface area is 206 Å². The normalized spacial score (nSPS) is 15.6. The Hall–Kier alpha value is -3.78. The number of allylic oxidation sites excluding steroid dienone is 1. The molecule has 35 heavy (non-hydrogen) atoms. The molecule has 0 fully saturated rings. The van der Waals surface area contributed by atoms with Crippen molar-refractivity contribution in [2.24, 2.45) is 4.99 Å². The average Bonchev–Trinajstić information content (AvgIpc) is 3.13. The van der Waals surface area contributed by atoms with Gasteiger partial charge in [-0.05, 0) is 57.0 Å². The minimum atomic E-state index is -0.746. The maximum absolute atomic E-state index is 13.6. The zero-order chi connectivity index (χ0) is 25.3. The van der Waals surface area contributed by atoms with E-state index in [-0.39, 0.29) is 11.7 Å². The quantitative estimate of drug-likeness (QED) is 0.513. The fraction of sp³-hybridized carbons (Fsp3) is 0.259. The predicted octanol–water partition coefficient (Wildman–Crippen LogP) is 3.28. The highest BCUT2D eigenvalue weighted by Gasteiger charge is 2.33. The molecule has 1 unspecified atom stereocenters. The smallest absolute Gasteiger partial charge is 0.338 e. The van der Waals surface area contributed by atoms with Crippen LogP contribution in [0.4, 0.5) is 0 Å². The third kappa shape index (κ3) is 4.88. The predicted molar refractivity (Wildman–Crippen MR) is 134 cm³/mol. The van der Waals surface area contributed by atoms with Crippen LogP contribution in [-0.4, -0.2) is 29.7 Å². The van der Waals surface area contributed by atoms with Crippen LogP contribution in [0.2, 0.25) is 0 Å². The van der Waals surface area contributed by atoms with E-state index in [2.05, 4.69) is 4.99 Å². The summed E-state index contributed by atoms with van der Waals surface area (Å²) in [4.78, 5) is 43.8. The molecule has 1 atom stereocenters. The number of hydrogen-bond acceptors (Lipinski definition) is 7. The Morgan fingerprint density at radius 1 is 1.03 bits per heavy atom. The number of carbonyl (C=O) groups is 2. The van der Waals surface area contributed by atoms with Crippen LogP contribution in [0.25, 0.3) is 6.08 Å². The number of esters is 2. The fourth-order valence-electron chi connectivity index (χ4n) is 3.91. The number of ether oxygens (including phenoxy) is 2. The maximum Gasteiger partial charge on any atom is 0.338 e. The topological polar surface area (TPSA) is 87.0 Å². The second kappa shape index (κ2) is 9.84. The summed E-state index contributed by atoms with van der Waals surface area (Å²) < 4.78 is 12.3. The van der Waals surface area contributed by atoms with E-state index in [1.165, 1.54) is 23.0 Å². The van der Waals surface area contributed by atoms with Crippen LogP contribution in [0.3, 0.4) is 0 Å². The minimum Gasteiger partial charge on any atom is -0.465 e. The number of hydrogen-bond donors (Lipinski definition) is 0. The lowest BCUT2D eigenvalue weighted by Gasteiger charge is -2.25. The summed E-state index contributed by atoms with van der Waals surface area (Å²) in [6, 6.07) is 13.8. The second-order valence-corrected chi connectivity index (χ2v) is 9.57. The fourth-order valence-corrected chi connectivity index (χ4v) is 4.96. The highest BCUT2D eigenvalue weighted by Crippen LogP contribution is 2.31. The molecule has 4 rings (SSSR count). The minimum absolute atomic E-state index is 0.251. The zero-order valence-electron chi connectivity index (χ0n) is 20.2. The highest BCUT2D eigenvalue weighted by molar-refractivity contribution is 7.07. The lowest BCUT2D eigenvalue weighted by molar-refractivity contribution is -0.143. The van der Waals surface area contributed by atoms with Crippen LogP contribution in [0.1, 0.15) is 53.9 Å². The Balaban J connectivity index is 1.91. The molecule has 1 aromatic heterocycles. The van der Waals surface area contributed by atoms with Gasteiger partial charge < -0.3 is 9.47 Å². The lowest BCUT2D eigenvalue weighted by atomic mass is 9.95. The molecule has 7 nitrogen and oxygen atoms in total. The number of methoxy groups -OCH3 is 1. The number of nitrogens with zero attached hydrogens (tertiary/aromatic N) is 2. The zero-order valence-corrected chi connectivity index (χ0v) is 21.0. The van der Waals surface area contributed by atoms with E-state index in [9.17, 15) is 14.4 Å². The van der Waals surface area contributed by atoms with Gasteiger partial charge in [-0.15, -0.1) is 0 Å². The standard InChI is InChI=1S/C27H26N2O5S/c1-15(2)34-26(32)22-17(4)28-27-29(23(22)19-10-12-20(13-11-19)25(31)33-5)24(30)21(35-27)14-18-8-6-16(3)7-9-18/h6-15,23H,1-5H3/b21-14+. The van der Waals surface area contributed by atoms with Crippen molar-refractivity contribution < 1.29 is 19.1 Å². The first-order valence-corrected chi connectivity index (χ1v) is 12.0. The second-order valence-electron chi connectivity index (χ2n) is 8.56. The summed E-state index contributed by atoms with van der Waals surface area (Å²) in [5.41, 5.74) is 3.58. The molecule has 3 aromatic rings. The van der Waals surface area contributed by atoms with Gasteiger partial charge in [-0.1, -0.05) is 53.3 Å². The van der Waals surface area contributed by atoms with Gasteiger partial charge >= 0.3 is 11.9 Å². The molecule has 0 saturated heterocycles. The molecular weight excluding hydrogens is 464 g/mol. The molecular formula is C27H26N2O5S. The van der Waals surface area contributed by atoms with Crippen LogP contribution in [0, 0.1) is 6.92 Å². The molecule has 0 spiro atoms. The number of aryl methyl sites for hydroxylation is 1. The van der Waals surface area contributed by atoms with Crippen molar-refractivity contribution in [3.8, 4) is 0 Å². The summed E-state index contributed by atoms with van der Waals surface area (Å²) in [5.74, 6) is -0.999. The Bertz CT molecular complexity index is 1490. The van der Waals surface area contributed by atoms with E-state index in [1.54, 1.807) is 45.0 Å². The van der Waals surface area contributed by atoms with Gasteiger partial charge in [-0.25, -0.2) is 14.6 Å². The van der Waals surface area contributed by atoms with Gasteiger partial charge in [0.25, 0.3) is 5.56 Å². The lowest BCUT2D eigenvalue weighted by Crippen LogP contribution is -2.40. The van der Waals surface area contributed by atoms with Crippen LogP contribution in [0.5, 0.6) is 0 Å². The van der Waals surface area contributed by atoms with E-state index >= 15 is 0 Å². The summed E-state index contributed by atoms with van der Waals surface area (Å²) >= 11 is 1.27. The van der Waals surface area contributed by atoms with Crippen molar-refractivity contribution >= 4 is 29.4 Å². The molecule has 2 aromatic carbocycles. The molecule has 0 N–H and O–H groups in total. The van der Waals surface area contributed by atoms with Gasteiger partial charge in [0, 0.05) is 0 Å². The first-order valence-electron chi connectivity index (χ1n) is 11.2. The van der Waals surface area contributed by atoms with E-state index in [4.69, 9.17) is 9.47 Å². The van der Waals surface area contributed by atoms with E-state index in [0.717, 1.165) is 11.1 Å². The van der Waals surface area contributed by atoms with E-state index in [1.807, 2.05) is 37.3 Å². The summed E-state index contributed by atoms with van der Waals surface area (Å²) in [7, 11) is 1.31. The van der Waals surface area contributed by atoms with Crippen LogP contribution in [-0.2, 0) is 14.3 Å². The average molecular weight is 491 g/mol. The first-order chi connectivity index (χ1) is 16.7. The molecule has 8 heteroatoms.